The van der Waals surface area contributed by atoms with E-state index in [1.165, 1.54) is 4.88 Å². The van der Waals surface area contributed by atoms with Crippen LogP contribution >= 0.6 is 11.3 Å². The smallest absolute Gasteiger partial charge is 0.272 e. The Morgan fingerprint density at radius 1 is 1.38 bits per heavy atom. The number of carbonyl (C=O) groups is 2. The van der Waals surface area contributed by atoms with Crippen LogP contribution in [0.15, 0.2) is 30.0 Å². The Balaban J connectivity index is 1.42. The molecular formula is C19H24N4O2S. The lowest BCUT2D eigenvalue weighted by Gasteiger charge is -2.47. The second-order valence-electron chi connectivity index (χ2n) is 7.21. The fraction of sp³-hybridized carbons (Fsp3) is 0.526. The molecular weight excluding hydrogens is 348 g/mol. The van der Waals surface area contributed by atoms with Gasteiger partial charge in [0.15, 0.2) is 0 Å². The van der Waals surface area contributed by atoms with Crippen molar-refractivity contribution in [2.24, 2.45) is 13.0 Å². The maximum atomic E-state index is 12.8. The second-order valence-corrected chi connectivity index (χ2v) is 8.24. The summed E-state index contributed by atoms with van der Waals surface area (Å²) in [6.45, 7) is 2.22. The zero-order valence-corrected chi connectivity index (χ0v) is 15.8. The highest BCUT2D eigenvalue weighted by Crippen LogP contribution is 2.32. The molecule has 2 atom stereocenters. The van der Waals surface area contributed by atoms with Crippen LogP contribution in [-0.4, -0.2) is 56.8 Å². The van der Waals surface area contributed by atoms with Crippen LogP contribution in [0.4, 0.5) is 0 Å². The van der Waals surface area contributed by atoms with Gasteiger partial charge in [-0.2, -0.15) is 0 Å². The number of rotatable bonds is 4. The Morgan fingerprint density at radius 3 is 3.00 bits per heavy atom. The first-order chi connectivity index (χ1) is 12.6. The molecule has 0 aromatic carbocycles. The highest BCUT2D eigenvalue weighted by atomic mass is 32.1. The lowest BCUT2D eigenvalue weighted by atomic mass is 9.83. The van der Waals surface area contributed by atoms with Crippen molar-refractivity contribution in [1.29, 1.82) is 0 Å². The third kappa shape index (κ3) is 3.28. The number of aryl methyl sites for hydroxylation is 1. The molecule has 6 nitrogen and oxygen atoms in total. The summed E-state index contributed by atoms with van der Waals surface area (Å²) in [5.41, 5.74) is 0.630. The van der Waals surface area contributed by atoms with E-state index in [4.69, 9.17) is 0 Å². The van der Waals surface area contributed by atoms with E-state index in [0.717, 1.165) is 32.4 Å². The number of nitrogens with zero attached hydrogens (tertiary/aromatic N) is 4. The Kier molecular flexibility index (Phi) is 4.80. The van der Waals surface area contributed by atoms with Gasteiger partial charge in [0.25, 0.3) is 5.91 Å². The molecule has 2 amide bonds. The summed E-state index contributed by atoms with van der Waals surface area (Å²) in [5, 5.41) is 2.08. The Labute approximate surface area is 157 Å². The van der Waals surface area contributed by atoms with Crippen molar-refractivity contribution < 1.29 is 9.59 Å². The number of aromatic nitrogens is 2. The van der Waals surface area contributed by atoms with Crippen LogP contribution in [0.1, 0.15) is 34.6 Å². The second kappa shape index (κ2) is 7.23. The Morgan fingerprint density at radius 2 is 2.27 bits per heavy atom. The first kappa shape index (κ1) is 17.3. The molecule has 2 saturated heterocycles. The van der Waals surface area contributed by atoms with E-state index in [0.29, 0.717) is 24.6 Å². The lowest BCUT2D eigenvalue weighted by molar-refractivity contribution is -0.140. The molecule has 0 saturated carbocycles. The largest absolute Gasteiger partial charge is 0.339 e. The molecule has 0 N–H and O–H groups in total. The van der Waals surface area contributed by atoms with Gasteiger partial charge in [0, 0.05) is 44.0 Å². The first-order valence-corrected chi connectivity index (χ1v) is 10.1. The summed E-state index contributed by atoms with van der Waals surface area (Å²) in [7, 11) is 1.85. The van der Waals surface area contributed by atoms with Gasteiger partial charge < -0.3 is 14.4 Å². The van der Waals surface area contributed by atoms with E-state index in [-0.39, 0.29) is 17.9 Å². The third-order valence-electron chi connectivity index (χ3n) is 5.65. The standard InChI is InChI=1S/C19H24N4O2S/c1-21-13-20-11-17(21)19(25)22-8-7-16-14(12-22)4-5-18(24)23(16)9-6-15-3-2-10-26-15/h2-3,10-11,13-14,16H,4-9,12H2,1H3. The van der Waals surface area contributed by atoms with Crippen molar-refractivity contribution in [3.05, 3.63) is 40.6 Å². The highest BCUT2D eigenvalue weighted by molar-refractivity contribution is 7.09. The molecule has 4 rings (SSSR count). The minimum absolute atomic E-state index is 0.0467. The van der Waals surface area contributed by atoms with Crippen LogP contribution < -0.4 is 0 Å². The summed E-state index contributed by atoms with van der Waals surface area (Å²) < 4.78 is 1.77. The van der Waals surface area contributed by atoms with Gasteiger partial charge in [-0.25, -0.2) is 4.98 Å². The number of hydrogen-bond donors (Lipinski definition) is 0. The van der Waals surface area contributed by atoms with Gasteiger partial charge in [0.2, 0.25) is 5.91 Å². The van der Waals surface area contributed by atoms with Crippen molar-refractivity contribution in [2.45, 2.75) is 31.7 Å². The van der Waals surface area contributed by atoms with Crippen LogP contribution in [0.5, 0.6) is 0 Å². The number of carbonyl (C=O) groups excluding carboxylic acids is 2. The van der Waals surface area contributed by atoms with Gasteiger partial charge in [-0.1, -0.05) is 6.07 Å². The number of hydrogen-bond acceptors (Lipinski definition) is 4. The van der Waals surface area contributed by atoms with Crippen LogP contribution in [0, 0.1) is 5.92 Å². The van der Waals surface area contributed by atoms with Crippen molar-refractivity contribution >= 4 is 23.2 Å². The normalized spacial score (nSPS) is 23.2. The fourth-order valence-electron chi connectivity index (χ4n) is 4.24. The van der Waals surface area contributed by atoms with Gasteiger partial charge in [0.05, 0.1) is 12.5 Å². The van der Waals surface area contributed by atoms with E-state index in [1.54, 1.807) is 28.4 Å². The molecule has 0 bridgehead atoms. The number of fused-ring (bicyclic) bond motifs is 1. The monoisotopic (exact) mass is 372 g/mol. The third-order valence-corrected chi connectivity index (χ3v) is 6.58. The number of imidazole rings is 1. The summed E-state index contributed by atoms with van der Waals surface area (Å²) in [6.07, 6.45) is 6.56. The quantitative estimate of drug-likeness (QED) is 0.827. The van der Waals surface area contributed by atoms with Crippen molar-refractivity contribution in [3.8, 4) is 0 Å². The maximum absolute atomic E-state index is 12.8. The molecule has 0 aliphatic carbocycles. The average Bonchev–Trinajstić information content (AvgIpc) is 3.31. The fourth-order valence-corrected chi connectivity index (χ4v) is 4.94. The van der Waals surface area contributed by atoms with Crippen LogP contribution in [0.2, 0.25) is 0 Å². The maximum Gasteiger partial charge on any atom is 0.272 e. The summed E-state index contributed by atoms with van der Waals surface area (Å²) in [4.78, 5) is 34.7. The predicted molar refractivity (Wildman–Crippen MR) is 100.0 cm³/mol. The van der Waals surface area contributed by atoms with Crippen molar-refractivity contribution in [1.82, 2.24) is 19.4 Å². The van der Waals surface area contributed by atoms with Crippen molar-refractivity contribution in [3.63, 3.8) is 0 Å². The molecule has 0 spiro atoms. The Bertz CT molecular complexity index is 785. The summed E-state index contributed by atoms with van der Waals surface area (Å²) >= 11 is 1.75. The van der Waals surface area contributed by atoms with Crippen LogP contribution in [-0.2, 0) is 18.3 Å². The van der Waals surface area contributed by atoms with Gasteiger partial charge in [-0.3, -0.25) is 9.59 Å². The van der Waals surface area contributed by atoms with Crippen LogP contribution in [0.25, 0.3) is 0 Å². The molecule has 2 aliphatic rings. The van der Waals surface area contributed by atoms with Gasteiger partial charge >= 0.3 is 0 Å². The summed E-state index contributed by atoms with van der Waals surface area (Å²) in [6, 6.07) is 4.46. The van der Waals surface area contributed by atoms with E-state index < -0.39 is 0 Å². The van der Waals surface area contributed by atoms with Crippen LogP contribution in [0.3, 0.4) is 0 Å². The van der Waals surface area contributed by atoms with Gasteiger partial charge in [-0.15, -0.1) is 11.3 Å². The lowest BCUT2D eigenvalue weighted by Crippen LogP contribution is -2.57. The van der Waals surface area contributed by atoms with E-state index in [9.17, 15) is 9.59 Å². The van der Waals surface area contributed by atoms with Gasteiger partial charge in [-0.05, 0) is 36.6 Å². The topological polar surface area (TPSA) is 58.4 Å². The van der Waals surface area contributed by atoms with E-state index in [1.807, 2.05) is 11.9 Å². The Hall–Kier alpha value is -2.15. The molecule has 138 valence electrons. The highest BCUT2D eigenvalue weighted by Gasteiger charge is 2.40. The van der Waals surface area contributed by atoms with E-state index >= 15 is 0 Å². The molecule has 4 heterocycles. The SMILES string of the molecule is Cn1cncc1C(=O)N1CCC2C(CCC(=O)N2CCc2cccs2)C1. The van der Waals surface area contributed by atoms with E-state index in [2.05, 4.69) is 27.4 Å². The molecule has 2 unspecified atom stereocenters. The number of piperidine rings is 2. The molecule has 2 fully saturated rings. The predicted octanol–water partition coefficient (Wildman–Crippen LogP) is 2.18. The summed E-state index contributed by atoms with van der Waals surface area (Å²) in [5.74, 6) is 0.696. The minimum atomic E-state index is 0.0467. The molecule has 2 aromatic heterocycles. The average molecular weight is 372 g/mol. The molecule has 26 heavy (non-hydrogen) atoms. The molecule has 0 radical (unpaired) electrons. The zero-order valence-electron chi connectivity index (χ0n) is 15.0. The first-order valence-electron chi connectivity index (χ1n) is 9.21. The zero-order chi connectivity index (χ0) is 18.1. The van der Waals surface area contributed by atoms with Crippen molar-refractivity contribution in [2.75, 3.05) is 19.6 Å². The number of amides is 2. The minimum Gasteiger partial charge on any atom is -0.339 e. The van der Waals surface area contributed by atoms with Gasteiger partial charge in [0.1, 0.15) is 5.69 Å². The molecule has 7 heteroatoms. The number of thiophene rings is 1. The molecule has 2 aliphatic heterocycles. The number of likely N-dealkylation sites (tertiary alicyclic amines) is 2. The molecule has 2 aromatic rings.